The molecule has 11 bridgehead atoms. The van der Waals surface area contributed by atoms with Crippen LogP contribution in [0.25, 0.3) is 11.1 Å². The summed E-state index contributed by atoms with van der Waals surface area (Å²) >= 11 is 7.74. The Labute approximate surface area is 673 Å². The van der Waals surface area contributed by atoms with E-state index in [9.17, 15) is 80.8 Å². The standard InChI is InChI=1S/C78H84ClN7O32/c1-27-55(91)58(94)61(97)74(109-27)116-66-60(96)57(93)46(26-89)114-76(66)115-65-43-19-33-20-44(65)111-41-16-15-38-49(50(41)79)78(38,118-47-23-39(80)63(107-3)28(2)108-47)67-72(103)84-53(73(104)105)37-21-34(90)22-42(112-75-62(98)59(95)56(92)45(25-88)113-75)48(37)36-18-31(9-10-32(36)24-87)51(70(101)86-67)83-69(100)52(33)82-68(99)40(17-29-7-5-4-6-8-29)81-71(102)54-64(117-77(106)85-54)30-11-13-35(110-43)14-12-30/h4-16,18-22,27-28,39-40,45-47,51-64,66-67,74-76,87-98H,17,23-26,80H2,1-3H3,(H,81,102)(H,82,99)(H,83,100)(H,84,103)(H,85,106)(H,86,101)(H,104,105)/t27-,28-,39?,40-,45?,46?,47?,51-,52-,53-,54+,55?,56+,57+,58?,59?,60?,61-,62?,63?,64+,66?,67+,74?,75+,76-,78-/m0/s1. The number of carbonyl (C=O) groups excluding carboxylic acids is 6. The van der Waals surface area contributed by atoms with Crippen molar-refractivity contribution in [1.82, 2.24) is 31.9 Å². The maximum absolute atomic E-state index is 16.7. The molecule has 6 aromatic carbocycles. The highest BCUT2D eigenvalue weighted by atomic mass is 35.5. The fourth-order valence-corrected chi connectivity index (χ4v) is 16.5. The molecule has 12 unspecified atom stereocenters. The topological polar surface area (TPSA) is 591 Å². The average molecular weight is 1670 g/mol. The van der Waals surface area contributed by atoms with Crippen LogP contribution in [-0.2, 0) is 85.3 Å². The summed E-state index contributed by atoms with van der Waals surface area (Å²) in [6, 6.07) is 10.4. The molecule has 40 heteroatoms. The molecule has 118 heavy (non-hydrogen) atoms. The highest BCUT2D eigenvalue weighted by Crippen LogP contribution is 2.61. The van der Waals surface area contributed by atoms with Gasteiger partial charge in [-0.05, 0) is 95.3 Å². The molecule has 5 saturated heterocycles. The van der Waals surface area contributed by atoms with Crippen LogP contribution in [0.2, 0.25) is 5.02 Å². The number of fused-ring (bicyclic) bond motifs is 18. The van der Waals surface area contributed by atoms with Crippen LogP contribution in [0.1, 0.15) is 89.0 Å². The number of aliphatic hydroxyl groups is 11. The summed E-state index contributed by atoms with van der Waals surface area (Å²) < 4.78 is 75.5. The van der Waals surface area contributed by atoms with Crippen molar-refractivity contribution in [3.8, 4) is 51.4 Å². The number of aliphatic carboxylic acids is 1. The van der Waals surface area contributed by atoms with Gasteiger partial charge in [-0.2, -0.15) is 0 Å². The summed E-state index contributed by atoms with van der Waals surface area (Å²) in [6.45, 7) is -0.0271. The van der Waals surface area contributed by atoms with E-state index in [1.54, 1.807) is 37.3 Å². The van der Waals surface area contributed by atoms with Crippen LogP contribution in [0.15, 0.2) is 109 Å². The van der Waals surface area contributed by atoms with Crippen molar-refractivity contribution in [2.45, 2.75) is 198 Å². The molecule has 630 valence electrons. The van der Waals surface area contributed by atoms with E-state index in [1.807, 2.05) is 0 Å². The summed E-state index contributed by atoms with van der Waals surface area (Å²) in [7, 11) is 1.38. The first-order valence-electron chi connectivity index (χ1n) is 37.5. The molecule has 1 aliphatic carbocycles. The van der Waals surface area contributed by atoms with Crippen LogP contribution in [0.4, 0.5) is 4.79 Å². The van der Waals surface area contributed by atoms with Gasteiger partial charge in [0, 0.05) is 48.8 Å². The first-order valence-corrected chi connectivity index (χ1v) is 37.9. The lowest BCUT2D eigenvalue weighted by Gasteiger charge is -2.45. The Hall–Kier alpha value is -10.1. The number of phenolic OH excluding ortho intramolecular Hbond substituents is 1. The highest BCUT2D eigenvalue weighted by Gasteiger charge is 2.65. The number of nitrogens with one attached hydrogen (secondary N) is 6. The lowest BCUT2D eigenvalue weighted by atomic mass is 9.87. The third kappa shape index (κ3) is 15.4. The minimum Gasteiger partial charge on any atom is -0.508 e. The molecule has 9 heterocycles. The number of carboxylic acids is 1. The van der Waals surface area contributed by atoms with Gasteiger partial charge in [-0.1, -0.05) is 72.3 Å². The number of methoxy groups -OCH3 is 1. The third-order valence-corrected chi connectivity index (χ3v) is 22.7. The number of amides is 6. The highest BCUT2D eigenvalue weighted by molar-refractivity contribution is 6.34. The van der Waals surface area contributed by atoms with Gasteiger partial charge < -0.3 is 161 Å². The minimum absolute atomic E-state index is 0.0454. The summed E-state index contributed by atoms with van der Waals surface area (Å²) in [5.41, 5.74) is 2.39. The van der Waals surface area contributed by atoms with Crippen LogP contribution >= 0.6 is 11.6 Å². The Morgan fingerprint density at radius 2 is 1.25 bits per heavy atom. The van der Waals surface area contributed by atoms with E-state index < -0.39 is 282 Å². The van der Waals surface area contributed by atoms with Crippen LogP contribution in [0.3, 0.4) is 0 Å². The van der Waals surface area contributed by atoms with E-state index in [4.69, 9.17) is 74.2 Å². The SMILES string of the molecule is COC1C(N)CC(O[C@@]23c4ccc(c(Cl)c42)Oc2cc4cc(c2O[C@@H]2OC(CO)[C@@H](O)C(O)C2OC2O[C@@H](C)C(O)C(O)[C@@H]2O)Oc2ccc(cc2)[C@H]2OC(=O)N[C@H]2C(=O)N[C@@H](Cc2ccccc2)C(=O)N[C@@H]4C(=O)N[C@@H]2C(=O)N[C@@H]3C(=O)N[C@H](C(=O)O)c3cc(O)cc(O[C@@H]4OC(CO)[C@@H](O)C(O)C4O)c3-c3cc2ccc3CO)O[C@H]1C. The number of alkyl carbamates (subject to hydrolysis) is 1. The maximum atomic E-state index is 16.7. The zero-order valence-corrected chi connectivity index (χ0v) is 63.2. The smallest absolute Gasteiger partial charge is 0.408 e. The number of aromatic hydroxyl groups is 1. The van der Waals surface area contributed by atoms with E-state index in [1.165, 1.54) is 62.6 Å². The van der Waals surface area contributed by atoms with Crippen molar-refractivity contribution in [3.63, 3.8) is 0 Å². The number of rotatable bonds is 15. The molecular weight excluding hydrogens is 1580 g/mol. The van der Waals surface area contributed by atoms with Crippen molar-refractivity contribution in [1.29, 1.82) is 0 Å². The molecular formula is C78H84ClN7O32. The summed E-state index contributed by atoms with van der Waals surface area (Å²) in [5, 5.41) is 161. The summed E-state index contributed by atoms with van der Waals surface area (Å²) in [5.74, 6) is -12.1. The zero-order chi connectivity index (χ0) is 83.9. The number of carboxylic acid groups (broad SMARTS) is 1. The molecule has 39 nitrogen and oxygen atoms in total. The monoisotopic (exact) mass is 1670 g/mol. The molecule has 16 rings (SSSR count). The number of benzene rings is 6. The number of nitrogens with two attached hydrogens (primary N) is 1. The predicted octanol–water partition coefficient (Wildman–Crippen LogP) is -2.29. The van der Waals surface area contributed by atoms with Crippen LogP contribution in [-0.4, -0.2) is 263 Å². The normalized spacial score (nSPS) is 35.0. The van der Waals surface area contributed by atoms with Gasteiger partial charge in [-0.25, -0.2) is 9.59 Å². The number of aliphatic hydroxyl groups excluding tert-OH is 11. The summed E-state index contributed by atoms with van der Waals surface area (Å²) in [4.78, 5) is 108. The quantitative estimate of drug-likeness (QED) is 0.0514. The Morgan fingerprint density at radius 3 is 1.94 bits per heavy atom. The van der Waals surface area contributed by atoms with Gasteiger partial charge >= 0.3 is 12.1 Å². The number of halogens is 1. The molecule has 10 aliphatic rings. The summed E-state index contributed by atoms with van der Waals surface area (Å²) in [6.07, 6.45) is -35.3. The Balaban J connectivity index is 0.983. The fraction of sp³-hybridized carbons (Fsp3) is 0.449. The molecule has 21 N–H and O–H groups in total. The molecule has 5 fully saturated rings. The van der Waals surface area contributed by atoms with Crippen molar-refractivity contribution < 1.29 is 157 Å². The molecule has 0 saturated carbocycles. The largest absolute Gasteiger partial charge is 0.508 e. The van der Waals surface area contributed by atoms with Crippen molar-refractivity contribution >= 4 is 53.2 Å². The van der Waals surface area contributed by atoms with Gasteiger partial charge in [-0.3, -0.25) is 24.0 Å². The number of ether oxygens (including phenoxy) is 12. The second-order valence-corrected chi connectivity index (χ2v) is 30.2. The van der Waals surface area contributed by atoms with E-state index in [0.29, 0.717) is 5.56 Å². The molecule has 0 aromatic heterocycles. The third-order valence-electron chi connectivity index (χ3n) is 22.3. The predicted molar refractivity (Wildman–Crippen MR) is 394 cm³/mol. The van der Waals surface area contributed by atoms with Gasteiger partial charge in [0.2, 0.25) is 47.9 Å². The second-order valence-electron chi connectivity index (χ2n) is 29.9. The fourth-order valence-electron chi connectivity index (χ4n) is 16.1. The van der Waals surface area contributed by atoms with Gasteiger partial charge in [-0.15, -0.1) is 0 Å². The van der Waals surface area contributed by atoms with Crippen molar-refractivity contribution in [2.24, 2.45) is 5.73 Å². The molecule has 9 aliphatic heterocycles. The molecule has 27 atom stereocenters. The van der Waals surface area contributed by atoms with Crippen LogP contribution in [0.5, 0.6) is 40.2 Å². The maximum Gasteiger partial charge on any atom is 0.408 e. The molecule has 6 aromatic rings. The lowest BCUT2D eigenvalue weighted by molar-refractivity contribution is -0.354. The number of hydrogen-bond donors (Lipinski definition) is 20. The van der Waals surface area contributed by atoms with Crippen LogP contribution < -0.4 is 56.6 Å². The second kappa shape index (κ2) is 33.3. The van der Waals surface area contributed by atoms with E-state index in [0.717, 1.165) is 30.3 Å². The number of phenols is 1. The number of carbonyl (C=O) groups is 7. The van der Waals surface area contributed by atoms with Gasteiger partial charge in [0.15, 0.2) is 54.0 Å². The molecule has 6 amide bonds. The zero-order valence-electron chi connectivity index (χ0n) is 62.5. The van der Waals surface area contributed by atoms with Crippen LogP contribution in [0, 0.1) is 0 Å². The molecule has 0 radical (unpaired) electrons. The van der Waals surface area contributed by atoms with Gasteiger partial charge in [0.25, 0.3) is 0 Å². The Kier molecular flexibility index (Phi) is 23.4. The number of hydrogen-bond acceptors (Lipinski definition) is 32. The lowest BCUT2D eigenvalue weighted by Crippen LogP contribution is -2.64. The molecule has 0 spiro atoms. The van der Waals surface area contributed by atoms with Crippen molar-refractivity contribution in [3.05, 3.63) is 159 Å². The average Bonchev–Trinajstić information content (AvgIpc) is 1.51. The first-order chi connectivity index (χ1) is 56.4. The van der Waals surface area contributed by atoms with E-state index >= 15 is 19.2 Å². The van der Waals surface area contributed by atoms with Gasteiger partial charge in [0.05, 0.1) is 43.2 Å². The van der Waals surface area contributed by atoms with Crippen molar-refractivity contribution in [2.75, 3.05) is 20.3 Å². The van der Waals surface area contributed by atoms with Gasteiger partial charge in [0.1, 0.15) is 108 Å². The van der Waals surface area contributed by atoms with E-state index in [2.05, 4.69) is 31.9 Å². The Bertz CT molecular complexity index is 4850. The first kappa shape index (κ1) is 83.0. The minimum atomic E-state index is -2.51. The van der Waals surface area contributed by atoms with E-state index in [-0.39, 0.29) is 52.0 Å². The Morgan fingerprint density at radius 1 is 0.602 bits per heavy atom.